The van der Waals surface area contributed by atoms with Crippen LogP contribution in [0.3, 0.4) is 0 Å². The molecule has 0 saturated heterocycles. The van der Waals surface area contributed by atoms with Crippen LogP contribution in [0.5, 0.6) is 0 Å². The molecule has 1 aliphatic rings. The summed E-state index contributed by atoms with van der Waals surface area (Å²) < 4.78 is 5.68. The summed E-state index contributed by atoms with van der Waals surface area (Å²) in [4.78, 5) is 2.58. The summed E-state index contributed by atoms with van der Waals surface area (Å²) in [7, 11) is 0. The molecule has 0 aromatic carbocycles. The molecular formula is C13H26BrNO. The molecule has 0 aromatic rings. The van der Waals surface area contributed by atoms with Gasteiger partial charge in [-0.25, -0.2) is 0 Å². The van der Waals surface area contributed by atoms with Gasteiger partial charge in [0.1, 0.15) is 0 Å². The molecule has 2 nitrogen and oxygen atoms in total. The van der Waals surface area contributed by atoms with Gasteiger partial charge in [-0.1, -0.05) is 36.2 Å². The lowest BCUT2D eigenvalue weighted by Gasteiger charge is -2.37. The SMILES string of the molecule is CC(C)CCOCCN(CCBr)C1CCC1. The van der Waals surface area contributed by atoms with Gasteiger partial charge in [0.25, 0.3) is 0 Å². The summed E-state index contributed by atoms with van der Waals surface area (Å²) in [6.45, 7) is 8.58. The van der Waals surface area contributed by atoms with Crippen LogP contribution < -0.4 is 0 Å². The van der Waals surface area contributed by atoms with Crippen LogP contribution in [0.15, 0.2) is 0 Å². The van der Waals surface area contributed by atoms with Crippen LogP contribution in [0.4, 0.5) is 0 Å². The monoisotopic (exact) mass is 291 g/mol. The van der Waals surface area contributed by atoms with Gasteiger partial charge in [0.2, 0.25) is 0 Å². The minimum Gasteiger partial charge on any atom is -0.380 e. The number of hydrogen-bond donors (Lipinski definition) is 0. The molecule has 0 bridgehead atoms. The summed E-state index contributed by atoms with van der Waals surface area (Å²) in [5.74, 6) is 0.755. The maximum Gasteiger partial charge on any atom is 0.0593 e. The third kappa shape index (κ3) is 5.65. The highest BCUT2D eigenvalue weighted by atomic mass is 79.9. The Kier molecular flexibility index (Phi) is 7.67. The average Bonchev–Trinajstić information content (AvgIpc) is 2.14. The van der Waals surface area contributed by atoms with Crippen LogP contribution in [0.25, 0.3) is 0 Å². The lowest BCUT2D eigenvalue weighted by molar-refractivity contribution is 0.0643. The molecule has 0 amide bonds. The van der Waals surface area contributed by atoms with Crippen LogP contribution in [0.1, 0.15) is 39.5 Å². The van der Waals surface area contributed by atoms with Gasteiger partial charge in [-0.3, -0.25) is 4.90 Å². The number of ether oxygens (including phenoxy) is 1. The van der Waals surface area contributed by atoms with Crippen molar-refractivity contribution in [2.24, 2.45) is 5.92 Å². The molecule has 16 heavy (non-hydrogen) atoms. The molecule has 0 aliphatic heterocycles. The molecule has 1 aliphatic carbocycles. The zero-order valence-electron chi connectivity index (χ0n) is 10.8. The Hall–Kier alpha value is 0.400. The van der Waals surface area contributed by atoms with Crippen molar-refractivity contribution >= 4 is 15.9 Å². The number of rotatable bonds is 9. The van der Waals surface area contributed by atoms with Crippen molar-refractivity contribution in [1.29, 1.82) is 0 Å². The Bertz CT molecular complexity index is 171. The second kappa shape index (κ2) is 8.48. The van der Waals surface area contributed by atoms with E-state index < -0.39 is 0 Å². The Balaban J connectivity index is 2.03. The molecule has 0 unspecified atom stereocenters. The maximum absolute atomic E-state index is 5.68. The van der Waals surface area contributed by atoms with Gasteiger partial charge in [0.15, 0.2) is 0 Å². The number of alkyl halides is 1. The second-order valence-electron chi connectivity index (χ2n) is 5.10. The Labute approximate surface area is 109 Å². The largest absolute Gasteiger partial charge is 0.380 e. The zero-order valence-corrected chi connectivity index (χ0v) is 12.3. The number of nitrogens with zero attached hydrogens (tertiary/aromatic N) is 1. The molecule has 0 N–H and O–H groups in total. The van der Waals surface area contributed by atoms with E-state index in [4.69, 9.17) is 4.74 Å². The standard InChI is InChI=1S/C13H26BrNO/c1-12(2)6-10-16-11-9-15(8-7-14)13-4-3-5-13/h12-13H,3-11H2,1-2H3. The maximum atomic E-state index is 5.68. The second-order valence-corrected chi connectivity index (χ2v) is 5.90. The fourth-order valence-corrected chi connectivity index (χ4v) is 2.40. The molecule has 0 heterocycles. The fraction of sp³-hybridized carbons (Fsp3) is 1.00. The fourth-order valence-electron chi connectivity index (χ4n) is 1.94. The van der Waals surface area contributed by atoms with E-state index in [1.807, 2.05) is 0 Å². The van der Waals surface area contributed by atoms with Crippen LogP contribution in [0.2, 0.25) is 0 Å². The summed E-state index contributed by atoms with van der Waals surface area (Å²) >= 11 is 3.53. The van der Waals surface area contributed by atoms with Gasteiger partial charge in [0.05, 0.1) is 6.61 Å². The molecule has 0 atom stereocenters. The normalized spacial score (nSPS) is 17.1. The van der Waals surface area contributed by atoms with Crippen LogP contribution >= 0.6 is 15.9 Å². The van der Waals surface area contributed by atoms with Gasteiger partial charge in [-0.15, -0.1) is 0 Å². The van der Waals surface area contributed by atoms with E-state index in [2.05, 4.69) is 34.7 Å². The van der Waals surface area contributed by atoms with E-state index in [-0.39, 0.29) is 0 Å². The first-order valence-corrected chi connectivity index (χ1v) is 7.74. The summed E-state index contributed by atoms with van der Waals surface area (Å²) in [5, 5.41) is 1.08. The molecule has 3 heteroatoms. The third-order valence-electron chi connectivity index (χ3n) is 3.33. The molecule has 0 aromatic heterocycles. The minimum atomic E-state index is 0.755. The first-order valence-electron chi connectivity index (χ1n) is 6.61. The smallest absolute Gasteiger partial charge is 0.0593 e. The van der Waals surface area contributed by atoms with Crippen LogP contribution in [-0.2, 0) is 4.74 Å². The average molecular weight is 292 g/mol. The Morgan fingerprint density at radius 2 is 2.00 bits per heavy atom. The highest BCUT2D eigenvalue weighted by Gasteiger charge is 2.23. The Morgan fingerprint density at radius 1 is 1.25 bits per heavy atom. The van der Waals surface area contributed by atoms with Crippen molar-refractivity contribution in [3.05, 3.63) is 0 Å². The van der Waals surface area contributed by atoms with Gasteiger partial charge >= 0.3 is 0 Å². The van der Waals surface area contributed by atoms with Gasteiger partial charge in [-0.05, 0) is 25.2 Å². The number of hydrogen-bond acceptors (Lipinski definition) is 2. The first-order chi connectivity index (χ1) is 7.74. The van der Waals surface area contributed by atoms with E-state index in [0.29, 0.717) is 0 Å². The van der Waals surface area contributed by atoms with Crippen molar-refractivity contribution in [2.45, 2.75) is 45.6 Å². The van der Waals surface area contributed by atoms with Crippen LogP contribution in [0, 0.1) is 5.92 Å². The van der Waals surface area contributed by atoms with Crippen molar-refractivity contribution in [2.75, 3.05) is 31.6 Å². The molecule has 0 spiro atoms. The summed E-state index contributed by atoms with van der Waals surface area (Å²) in [6.07, 6.45) is 5.37. The van der Waals surface area contributed by atoms with Crippen LogP contribution in [-0.4, -0.2) is 42.6 Å². The van der Waals surface area contributed by atoms with Crippen molar-refractivity contribution in [1.82, 2.24) is 4.90 Å². The molecule has 1 saturated carbocycles. The van der Waals surface area contributed by atoms with Gasteiger partial charge in [0, 0.05) is 31.1 Å². The lowest BCUT2D eigenvalue weighted by atomic mass is 9.91. The van der Waals surface area contributed by atoms with E-state index >= 15 is 0 Å². The molecule has 96 valence electrons. The van der Waals surface area contributed by atoms with Gasteiger partial charge < -0.3 is 4.74 Å². The lowest BCUT2D eigenvalue weighted by Crippen LogP contribution is -2.43. The molecule has 1 fully saturated rings. The predicted octanol–water partition coefficient (Wildman–Crippen LogP) is 3.30. The topological polar surface area (TPSA) is 12.5 Å². The first kappa shape index (κ1) is 14.5. The van der Waals surface area contributed by atoms with Gasteiger partial charge in [-0.2, -0.15) is 0 Å². The van der Waals surface area contributed by atoms with Crippen molar-refractivity contribution in [3.63, 3.8) is 0 Å². The summed E-state index contributed by atoms with van der Waals surface area (Å²) in [6, 6.07) is 0.839. The molecule has 1 rings (SSSR count). The zero-order chi connectivity index (χ0) is 11.8. The van der Waals surface area contributed by atoms with E-state index in [0.717, 1.165) is 43.6 Å². The highest BCUT2D eigenvalue weighted by molar-refractivity contribution is 9.09. The predicted molar refractivity (Wildman–Crippen MR) is 73.3 cm³/mol. The highest BCUT2D eigenvalue weighted by Crippen LogP contribution is 2.24. The van der Waals surface area contributed by atoms with E-state index in [1.165, 1.54) is 25.7 Å². The molecular weight excluding hydrogens is 266 g/mol. The van der Waals surface area contributed by atoms with Crippen molar-refractivity contribution < 1.29 is 4.74 Å². The summed E-state index contributed by atoms with van der Waals surface area (Å²) in [5.41, 5.74) is 0. The minimum absolute atomic E-state index is 0.755. The van der Waals surface area contributed by atoms with Crippen molar-refractivity contribution in [3.8, 4) is 0 Å². The Morgan fingerprint density at radius 3 is 2.50 bits per heavy atom. The number of halogens is 1. The van der Waals surface area contributed by atoms with E-state index in [9.17, 15) is 0 Å². The van der Waals surface area contributed by atoms with E-state index in [1.54, 1.807) is 0 Å². The molecule has 0 radical (unpaired) electrons. The third-order valence-corrected chi connectivity index (χ3v) is 3.68. The quantitative estimate of drug-likeness (QED) is 0.477.